The minimum absolute atomic E-state index is 0.134. The van der Waals surface area contributed by atoms with Gasteiger partial charge in [0.2, 0.25) is 0 Å². The molecular formula is C9H4BBrO2. The average Bonchev–Trinajstić information content (AvgIpc) is 2.08. The maximum atomic E-state index is 11.0. The van der Waals surface area contributed by atoms with E-state index in [2.05, 4.69) is 15.9 Å². The number of fused-ring (bicyclic) bond motifs is 1. The fraction of sp³-hybridized carbons (Fsp3) is 0. The van der Waals surface area contributed by atoms with Crippen LogP contribution in [-0.2, 0) is 0 Å². The van der Waals surface area contributed by atoms with Crippen LogP contribution in [0.4, 0.5) is 0 Å². The van der Waals surface area contributed by atoms with Gasteiger partial charge in [-0.1, -0.05) is 28.1 Å². The molecule has 2 nitrogen and oxygen atoms in total. The highest BCUT2D eigenvalue weighted by molar-refractivity contribution is 9.10. The van der Waals surface area contributed by atoms with E-state index in [1.54, 1.807) is 12.1 Å². The van der Waals surface area contributed by atoms with Crippen molar-refractivity contribution >= 4 is 40.2 Å². The fourth-order valence-electron chi connectivity index (χ4n) is 1.10. The molecule has 62 valence electrons. The van der Waals surface area contributed by atoms with Crippen molar-refractivity contribution in [1.82, 2.24) is 0 Å². The predicted molar refractivity (Wildman–Crippen MR) is 55.6 cm³/mol. The lowest BCUT2D eigenvalue weighted by molar-refractivity contribution is 0.566. The highest BCUT2D eigenvalue weighted by atomic mass is 79.9. The lowest BCUT2D eigenvalue weighted by Crippen LogP contribution is -2.22. The van der Waals surface area contributed by atoms with E-state index in [0.29, 0.717) is 5.58 Å². The van der Waals surface area contributed by atoms with Gasteiger partial charge in [-0.25, -0.2) is 4.79 Å². The predicted octanol–water partition coefficient (Wildman–Crippen LogP) is 1.35. The molecule has 0 fully saturated rings. The van der Waals surface area contributed by atoms with Gasteiger partial charge >= 0.3 is 5.63 Å². The zero-order chi connectivity index (χ0) is 9.42. The topological polar surface area (TPSA) is 30.2 Å². The van der Waals surface area contributed by atoms with Crippen LogP contribution in [0.1, 0.15) is 0 Å². The fourth-order valence-corrected chi connectivity index (χ4v) is 1.44. The first-order chi connectivity index (χ1) is 6.16. The molecule has 2 radical (unpaired) electrons. The molecule has 0 aliphatic rings. The van der Waals surface area contributed by atoms with E-state index in [1.165, 1.54) is 0 Å². The van der Waals surface area contributed by atoms with Crippen LogP contribution in [-0.4, -0.2) is 7.85 Å². The Labute approximate surface area is 84.1 Å². The lowest BCUT2D eigenvalue weighted by atomic mass is 9.97. The van der Waals surface area contributed by atoms with Gasteiger partial charge in [-0.3, -0.25) is 0 Å². The molecule has 0 atom stereocenters. The third-order valence-corrected chi connectivity index (χ3v) is 2.22. The summed E-state index contributed by atoms with van der Waals surface area (Å²) in [6.07, 6.45) is 0. The number of halogens is 1. The monoisotopic (exact) mass is 234 g/mol. The Kier molecular flexibility index (Phi) is 2.00. The van der Waals surface area contributed by atoms with Crippen molar-refractivity contribution < 1.29 is 4.42 Å². The summed E-state index contributed by atoms with van der Waals surface area (Å²) < 4.78 is 5.83. The second kappa shape index (κ2) is 3.03. The second-order valence-corrected chi connectivity index (χ2v) is 3.59. The number of benzene rings is 1. The maximum Gasteiger partial charge on any atom is 0.328 e. The molecule has 0 N–H and O–H groups in total. The molecule has 2 rings (SSSR count). The Morgan fingerprint density at radius 1 is 1.31 bits per heavy atom. The summed E-state index contributed by atoms with van der Waals surface area (Å²) in [5.74, 6) is 0. The standard InChI is InChI=1S/C9H4BBrO2/c10-7-3-5-1-2-6(11)4-8(5)13-9(7)12/h1-4H. The van der Waals surface area contributed by atoms with E-state index in [0.717, 1.165) is 9.86 Å². The number of hydrogen-bond acceptors (Lipinski definition) is 2. The minimum Gasteiger partial charge on any atom is -0.423 e. The zero-order valence-electron chi connectivity index (χ0n) is 6.58. The van der Waals surface area contributed by atoms with Crippen LogP contribution in [0.15, 0.2) is 37.9 Å². The summed E-state index contributed by atoms with van der Waals surface area (Å²) in [6.45, 7) is 0. The van der Waals surface area contributed by atoms with Gasteiger partial charge in [0.15, 0.2) is 0 Å². The Morgan fingerprint density at radius 3 is 2.85 bits per heavy atom. The minimum atomic E-state index is -0.495. The van der Waals surface area contributed by atoms with E-state index in [1.807, 2.05) is 12.1 Å². The summed E-state index contributed by atoms with van der Waals surface area (Å²) in [4.78, 5) is 11.0. The molecule has 0 aliphatic carbocycles. The normalized spacial score (nSPS) is 10.5. The molecule has 13 heavy (non-hydrogen) atoms. The molecule has 0 saturated heterocycles. The maximum absolute atomic E-state index is 11.0. The second-order valence-electron chi connectivity index (χ2n) is 2.67. The molecule has 0 saturated carbocycles. The molecule has 1 heterocycles. The summed E-state index contributed by atoms with van der Waals surface area (Å²) >= 11 is 3.28. The first-order valence-corrected chi connectivity index (χ1v) is 4.45. The van der Waals surface area contributed by atoms with Crippen LogP contribution in [0.3, 0.4) is 0 Å². The van der Waals surface area contributed by atoms with Gasteiger partial charge in [0.25, 0.3) is 0 Å². The largest absolute Gasteiger partial charge is 0.423 e. The quantitative estimate of drug-likeness (QED) is 0.509. The van der Waals surface area contributed by atoms with Crippen molar-refractivity contribution in [3.63, 3.8) is 0 Å². The Hall–Kier alpha value is -1.03. The van der Waals surface area contributed by atoms with Gasteiger partial charge in [-0.15, -0.1) is 0 Å². The average molecular weight is 235 g/mol. The smallest absolute Gasteiger partial charge is 0.328 e. The Bertz CT molecular complexity index is 518. The van der Waals surface area contributed by atoms with Crippen LogP contribution in [0.25, 0.3) is 11.0 Å². The molecule has 1 aromatic heterocycles. The van der Waals surface area contributed by atoms with Gasteiger partial charge in [0.1, 0.15) is 13.4 Å². The van der Waals surface area contributed by atoms with Crippen molar-refractivity contribution in [2.24, 2.45) is 0 Å². The van der Waals surface area contributed by atoms with E-state index < -0.39 is 5.63 Å². The first-order valence-electron chi connectivity index (χ1n) is 3.66. The van der Waals surface area contributed by atoms with Crippen LogP contribution in [0.5, 0.6) is 0 Å². The lowest BCUT2D eigenvalue weighted by Gasteiger charge is -1.97. The summed E-state index contributed by atoms with van der Waals surface area (Å²) in [5.41, 5.74) is 0.175. The van der Waals surface area contributed by atoms with Gasteiger partial charge in [0, 0.05) is 9.86 Å². The number of rotatable bonds is 0. The van der Waals surface area contributed by atoms with Crippen molar-refractivity contribution in [2.75, 3.05) is 0 Å². The highest BCUT2D eigenvalue weighted by Crippen LogP contribution is 2.17. The van der Waals surface area contributed by atoms with Crippen molar-refractivity contribution in [3.8, 4) is 0 Å². The van der Waals surface area contributed by atoms with Crippen molar-refractivity contribution in [2.45, 2.75) is 0 Å². The Morgan fingerprint density at radius 2 is 2.08 bits per heavy atom. The third-order valence-electron chi connectivity index (χ3n) is 1.72. The van der Waals surface area contributed by atoms with Crippen LogP contribution in [0, 0.1) is 0 Å². The molecule has 2 aromatic rings. The van der Waals surface area contributed by atoms with Crippen LogP contribution < -0.4 is 11.1 Å². The van der Waals surface area contributed by atoms with Gasteiger partial charge in [-0.2, -0.15) is 0 Å². The zero-order valence-corrected chi connectivity index (χ0v) is 8.17. The molecule has 0 bridgehead atoms. The van der Waals surface area contributed by atoms with Crippen LogP contribution >= 0.6 is 15.9 Å². The van der Waals surface area contributed by atoms with E-state index >= 15 is 0 Å². The first kappa shape index (κ1) is 8.57. The molecule has 0 amide bonds. The van der Waals surface area contributed by atoms with Crippen molar-refractivity contribution in [3.05, 3.63) is 39.2 Å². The SMILES string of the molecule is [B]c1cc2ccc(Br)cc2oc1=O. The van der Waals surface area contributed by atoms with Crippen molar-refractivity contribution in [1.29, 1.82) is 0 Å². The highest BCUT2D eigenvalue weighted by Gasteiger charge is 2.00. The molecule has 0 spiro atoms. The molecule has 4 heteroatoms. The van der Waals surface area contributed by atoms with Gasteiger partial charge < -0.3 is 4.42 Å². The third kappa shape index (κ3) is 1.54. The summed E-state index contributed by atoms with van der Waals surface area (Å²) in [6, 6.07) is 7.03. The molecule has 0 aliphatic heterocycles. The molecular weight excluding hydrogens is 231 g/mol. The van der Waals surface area contributed by atoms with Gasteiger partial charge in [0.05, 0.1) is 0 Å². The van der Waals surface area contributed by atoms with Gasteiger partial charge in [-0.05, 0) is 17.6 Å². The summed E-state index contributed by atoms with van der Waals surface area (Å²) in [7, 11) is 5.41. The van der Waals surface area contributed by atoms with Crippen LogP contribution in [0.2, 0.25) is 0 Å². The Balaban J connectivity index is 2.89. The van der Waals surface area contributed by atoms with E-state index in [-0.39, 0.29) is 5.46 Å². The molecule has 1 aromatic carbocycles. The molecule has 0 unspecified atom stereocenters. The van der Waals surface area contributed by atoms with E-state index in [9.17, 15) is 4.79 Å². The summed E-state index contributed by atoms with van der Waals surface area (Å²) in [5, 5.41) is 0.820. The number of hydrogen-bond donors (Lipinski definition) is 0. The van der Waals surface area contributed by atoms with E-state index in [4.69, 9.17) is 12.3 Å².